The fraction of sp³-hybridized carbons (Fsp3) is 0.214. The summed E-state index contributed by atoms with van der Waals surface area (Å²) in [5.41, 5.74) is 2.03. The van der Waals surface area contributed by atoms with Crippen molar-refractivity contribution in [3.05, 3.63) is 47.9 Å². The molecule has 92 valence electrons. The van der Waals surface area contributed by atoms with Crippen LogP contribution in [0.4, 0.5) is 5.95 Å². The lowest BCUT2D eigenvalue weighted by molar-refractivity contribution is 0.481. The number of hydrogen-bond donors (Lipinski definition) is 1. The number of furan rings is 1. The molecule has 0 spiro atoms. The summed E-state index contributed by atoms with van der Waals surface area (Å²) in [7, 11) is 2.00. The first-order valence-corrected chi connectivity index (χ1v) is 5.93. The van der Waals surface area contributed by atoms with Crippen molar-refractivity contribution < 1.29 is 4.42 Å². The SMILES string of the molecule is Cc1ccc(CN(C)c2nc3ccccc3[nH]2)o1. The van der Waals surface area contributed by atoms with Crippen LogP contribution in [0, 0.1) is 6.92 Å². The zero-order valence-corrected chi connectivity index (χ0v) is 10.5. The highest BCUT2D eigenvalue weighted by Crippen LogP contribution is 2.18. The van der Waals surface area contributed by atoms with Gasteiger partial charge in [-0.2, -0.15) is 0 Å². The van der Waals surface area contributed by atoms with Crippen molar-refractivity contribution in [3.63, 3.8) is 0 Å². The third-order valence-corrected chi connectivity index (χ3v) is 2.93. The van der Waals surface area contributed by atoms with Gasteiger partial charge in [-0.1, -0.05) is 12.1 Å². The normalized spacial score (nSPS) is 11.0. The molecule has 0 aliphatic carbocycles. The van der Waals surface area contributed by atoms with Gasteiger partial charge in [-0.15, -0.1) is 0 Å². The van der Waals surface area contributed by atoms with E-state index in [9.17, 15) is 0 Å². The fourth-order valence-corrected chi connectivity index (χ4v) is 2.00. The number of rotatable bonds is 3. The predicted molar refractivity (Wildman–Crippen MR) is 71.6 cm³/mol. The van der Waals surface area contributed by atoms with E-state index < -0.39 is 0 Å². The summed E-state index contributed by atoms with van der Waals surface area (Å²) in [6, 6.07) is 12.0. The van der Waals surface area contributed by atoms with Crippen LogP contribution in [0.1, 0.15) is 11.5 Å². The summed E-state index contributed by atoms with van der Waals surface area (Å²) in [6.45, 7) is 2.65. The van der Waals surface area contributed by atoms with Gasteiger partial charge >= 0.3 is 0 Å². The van der Waals surface area contributed by atoms with Crippen LogP contribution in [0.5, 0.6) is 0 Å². The molecule has 0 bridgehead atoms. The number of benzene rings is 1. The van der Waals surface area contributed by atoms with Gasteiger partial charge in [0.15, 0.2) is 0 Å². The van der Waals surface area contributed by atoms with Crippen LogP contribution < -0.4 is 4.90 Å². The number of aryl methyl sites for hydroxylation is 1. The fourth-order valence-electron chi connectivity index (χ4n) is 2.00. The number of anilines is 1. The predicted octanol–water partition coefficient (Wildman–Crippen LogP) is 3.10. The number of nitrogens with one attached hydrogen (secondary N) is 1. The number of aromatic nitrogens is 2. The molecule has 0 radical (unpaired) electrons. The Balaban J connectivity index is 1.85. The highest BCUT2D eigenvalue weighted by atomic mass is 16.3. The smallest absolute Gasteiger partial charge is 0.203 e. The zero-order chi connectivity index (χ0) is 12.5. The Bertz CT molecular complexity index is 635. The van der Waals surface area contributed by atoms with E-state index in [0.717, 1.165) is 28.5 Å². The van der Waals surface area contributed by atoms with Gasteiger partial charge in [0.2, 0.25) is 5.95 Å². The Labute approximate surface area is 105 Å². The second-order valence-corrected chi connectivity index (χ2v) is 4.45. The molecule has 3 rings (SSSR count). The molecule has 0 unspecified atom stereocenters. The van der Waals surface area contributed by atoms with E-state index in [4.69, 9.17) is 4.42 Å². The van der Waals surface area contributed by atoms with Gasteiger partial charge in [0.05, 0.1) is 17.6 Å². The van der Waals surface area contributed by atoms with E-state index >= 15 is 0 Å². The van der Waals surface area contributed by atoms with Crippen molar-refractivity contribution >= 4 is 17.0 Å². The summed E-state index contributed by atoms with van der Waals surface area (Å²) < 4.78 is 5.57. The molecular weight excluding hydrogens is 226 g/mol. The minimum Gasteiger partial charge on any atom is -0.464 e. The van der Waals surface area contributed by atoms with Crippen LogP contribution in [0.2, 0.25) is 0 Å². The zero-order valence-electron chi connectivity index (χ0n) is 10.5. The van der Waals surface area contributed by atoms with E-state index in [-0.39, 0.29) is 0 Å². The lowest BCUT2D eigenvalue weighted by Crippen LogP contribution is -2.17. The Morgan fingerprint density at radius 1 is 1.22 bits per heavy atom. The Morgan fingerprint density at radius 2 is 2.06 bits per heavy atom. The topological polar surface area (TPSA) is 45.1 Å². The molecule has 2 heterocycles. The molecule has 1 N–H and O–H groups in total. The lowest BCUT2D eigenvalue weighted by Gasteiger charge is -2.13. The number of hydrogen-bond acceptors (Lipinski definition) is 3. The van der Waals surface area contributed by atoms with Crippen LogP contribution in [-0.2, 0) is 6.54 Å². The highest BCUT2D eigenvalue weighted by Gasteiger charge is 2.09. The Morgan fingerprint density at radius 3 is 2.78 bits per heavy atom. The molecule has 0 aliphatic heterocycles. The van der Waals surface area contributed by atoms with Crippen LogP contribution in [0.3, 0.4) is 0 Å². The average molecular weight is 241 g/mol. The first kappa shape index (κ1) is 10.9. The molecule has 0 saturated heterocycles. The molecule has 0 fully saturated rings. The van der Waals surface area contributed by atoms with Crippen molar-refractivity contribution in [2.45, 2.75) is 13.5 Å². The maximum atomic E-state index is 5.57. The molecule has 0 atom stereocenters. The number of para-hydroxylation sites is 2. The second kappa shape index (κ2) is 4.22. The van der Waals surface area contributed by atoms with E-state index in [1.165, 1.54) is 0 Å². The minimum atomic E-state index is 0.702. The van der Waals surface area contributed by atoms with Crippen LogP contribution in [0.25, 0.3) is 11.0 Å². The van der Waals surface area contributed by atoms with Crippen LogP contribution >= 0.6 is 0 Å². The van der Waals surface area contributed by atoms with Crippen molar-refractivity contribution in [1.82, 2.24) is 9.97 Å². The Hall–Kier alpha value is -2.23. The highest BCUT2D eigenvalue weighted by molar-refractivity contribution is 5.77. The first-order valence-electron chi connectivity index (χ1n) is 5.93. The molecule has 1 aromatic carbocycles. The molecular formula is C14H15N3O. The monoisotopic (exact) mass is 241 g/mol. The Kier molecular flexibility index (Phi) is 2.55. The maximum absolute atomic E-state index is 5.57. The summed E-state index contributed by atoms with van der Waals surface area (Å²) >= 11 is 0. The van der Waals surface area contributed by atoms with Crippen molar-refractivity contribution in [3.8, 4) is 0 Å². The van der Waals surface area contributed by atoms with Gasteiger partial charge in [-0.05, 0) is 31.2 Å². The molecule has 4 heteroatoms. The average Bonchev–Trinajstić information content (AvgIpc) is 2.95. The van der Waals surface area contributed by atoms with E-state index in [2.05, 4.69) is 9.97 Å². The molecule has 3 aromatic rings. The van der Waals surface area contributed by atoms with Crippen LogP contribution in [-0.4, -0.2) is 17.0 Å². The van der Waals surface area contributed by atoms with Gasteiger partial charge in [-0.3, -0.25) is 0 Å². The van der Waals surface area contributed by atoms with Gasteiger partial charge < -0.3 is 14.3 Å². The summed E-state index contributed by atoms with van der Waals surface area (Å²) in [4.78, 5) is 9.88. The second-order valence-electron chi connectivity index (χ2n) is 4.45. The molecule has 18 heavy (non-hydrogen) atoms. The molecule has 0 amide bonds. The molecule has 4 nitrogen and oxygen atoms in total. The molecule has 0 saturated carbocycles. The minimum absolute atomic E-state index is 0.702. The van der Waals surface area contributed by atoms with E-state index in [0.29, 0.717) is 6.54 Å². The third-order valence-electron chi connectivity index (χ3n) is 2.93. The maximum Gasteiger partial charge on any atom is 0.203 e. The summed E-state index contributed by atoms with van der Waals surface area (Å²) in [5, 5.41) is 0. The number of imidazole rings is 1. The third kappa shape index (κ3) is 1.97. The number of H-pyrrole nitrogens is 1. The summed E-state index contributed by atoms with van der Waals surface area (Å²) in [5.74, 6) is 2.73. The number of fused-ring (bicyclic) bond motifs is 1. The van der Waals surface area contributed by atoms with Crippen molar-refractivity contribution in [2.75, 3.05) is 11.9 Å². The molecule has 0 aliphatic rings. The summed E-state index contributed by atoms with van der Waals surface area (Å²) in [6.07, 6.45) is 0. The largest absolute Gasteiger partial charge is 0.464 e. The van der Waals surface area contributed by atoms with Crippen LogP contribution in [0.15, 0.2) is 40.8 Å². The quantitative estimate of drug-likeness (QED) is 0.766. The van der Waals surface area contributed by atoms with E-state index in [1.807, 2.05) is 55.3 Å². The van der Waals surface area contributed by atoms with E-state index in [1.54, 1.807) is 0 Å². The first-order chi connectivity index (χ1) is 8.72. The number of aromatic amines is 1. The lowest BCUT2D eigenvalue weighted by atomic mass is 10.3. The van der Waals surface area contributed by atoms with Crippen molar-refractivity contribution in [2.24, 2.45) is 0 Å². The number of nitrogens with zero attached hydrogens (tertiary/aromatic N) is 2. The standard InChI is InChI=1S/C14H15N3O/c1-10-7-8-11(18-10)9-17(2)14-15-12-5-3-4-6-13(12)16-14/h3-8H,9H2,1-2H3,(H,15,16). The van der Waals surface area contributed by atoms with Gasteiger partial charge in [-0.25, -0.2) is 4.98 Å². The van der Waals surface area contributed by atoms with Crippen molar-refractivity contribution in [1.29, 1.82) is 0 Å². The van der Waals surface area contributed by atoms with Gasteiger partial charge in [0.1, 0.15) is 11.5 Å². The van der Waals surface area contributed by atoms with Gasteiger partial charge in [0, 0.05) is 7.05 Å². The van der Waals surface area contributed by atoms with Gasteiger partial charge in [0.25, 0.3) is 0 Å². The molecule has 2 aromatic heterocycles.